The summed E-state index contributed by atoms with van der Waals surface area (Å²) in [5, 5.41) is 10.5. The SMILES string of the molecule is O=C(c1ccc([N+](=O)[O-])cc1)N(CCCl)C1CC1. The maximum absolute atomic E-state index is 12.2. The van der Waals surface area contributed by atoms with Gasteiger partial charge in [-0.25, -0.2) is 0 Å². The zero-order valence-electron chi connectivity index (χ0n) is 9.71. The van der Waals surface area contributed by atoms with E-state index in [0.29, 0.717) is 18.0 Å². The number of hydrogen-bond donors (Lipinski definition) is 0. The lowest BCUT2D eigenvalue weighted by molar-refractivity contribution is -0.384. The van der Waals surface area contributed by atoms with Crippen LogP contribution in [0.5, 0.6) is 0 Å². The average Bonchev–Trinajstić information content (AvgIpc) is 3.19. The van der Waals surface area contributed by atoms with Gasteiger partial charge in [0.1, 0.15) is 0 Å². The summed E-state index contributed by atoms with van der Waals surface area (Å²) in [4.78, 5) is 24.0. The summed E-state index contributed by atoms with van der Waals surface area (Å²) in [6.07, 6.45) is 2.02. The molecule has 1 aromatic carbocycles. The van der Waals surface area contributed by atoms with Crippen LogP contribution >= 0.6 is 11.6 Å². The van der Waals surface area contributed by atoms with Crippen LogP contribution in [0.25, 0.3) is 0 Å². The van der Waals surface area contributed by atoms with E-state index in [1.807, 2.05) is 0 Å². The van der Waals surface area contributed by atoms with Crippen LogP contribution in [0.4, 0.5) is 5.69 Å². The van der Waals surface area contributed by atoms with Gasteiger partial charge in [0.25, 0.3) is 11.6 Å². The van der Waals surface area contributed by atoms with E-state index in [0.717, 1.165) is 12.8 Å². The van der Waals surface area contributed by atoms with Crippen LogP contribution < -0.4 is 0 Å². The number of nitrogens with zero attached hydrogens (tertiary/aromatic N) is 2. The Hall–Kier alpha value is -1.62. The van der Waals surface area contributed by atoms with Crippen LogP contribution in [0.3, 0.4) is 0 Å². The third-order valence-corrected chi connectivity index (χ3v) is 3.07. The Bertz CT molecular complexity index is 457. The number of non-ortho nitro benzene ring substituents is 1. The zero-order chi connectivity index (χ0) is 13.1. The number of amides is 1. The lowest BCUT2D eigenvalue weighted by Gasteiger charge is -2.21. The normalized spacial score (nSPS) is 14.3. The highest BCUT2D eigenvalue weighted by Crippen LogP contribution is 2.28. The molecule has 0 bridgehead atoms. The van der Waals surface area contributed by atoms with Gasteiger partial charge in [-0.1, -0.05) is 0 Å². The first-order valence-corrected chi connectivity index (χ1v) is 6.28. The number of carbonyl (C=O) groups excluding carboxylic acids is 1. The van der Waals surface area contributed by atoms with Gasteiger partial charge in [-0.05, 0) is 25.0 Å². The number of nitro groups is 1. The van der Waals surface area contributed by atoms with E-state index in [1.165, 1.54) is 24.3 Å². The Morgan fingerprint density at radius 1 is 1.39 bits per heavy atom. The molecule has 5 nitrogen and oxygen atoms in total. The third-order valence-electron chi connectivity index (χ3n) is 2.90. The molecule has 1 fully saturated rings. The Morgan fingerprint density at radius 3 is 2.44 bits per heavy atom. The van der Waals surface area contributed by atoms with Crippen molar-refractivity contribution in [1.29, 1.82) is 0 Å². The summed E-state index contributed by atoms with van der Waals surface area (Å²) < 4.78 is 0. The van der Waals surface area contributed by atoms with Crippen molar-refractivity contribution in [3.63, 3.8) is 0 Å². The van der Waals surface area contributed by atoms with Crippen molar-refractivity contribution < 1.29 is 9.72 Å². The van der Waals surface area contributed by atoms with Crippen molar-refractivity contribution in [3.8, 4) is 0 Å². The third kappa shape index (κ3) is 2.79. The fourth-order valence-corrected chi connectivity index (χ4v) is 2.00. The molecule has 1 aliphatic carbocycles. The van der Waals surface area contributed by atoms with Gasteiger partial charge in [0.2, 0.25) is 0 Å². The smallest absolute Gasteiger partial charge is 0.269 e. The van der Waals surface area contributed by atoms with Crippen molar-refractivity contribution in [2.75, 3.05) is 12.4 Å². The lowest BCUT2D eigenvalue weighted by Crippen LogP contribution is -2.34. The Morgan fingerprint density at radius 2 is 2.00 bits per heavy atom. The highest BCUT2D eigenvalue weighted by Gasteiger charge is 2.32. The Labute approximate surface area is 109 Å². The molecule has 2 rings (SSSR count). The maximum Gasteiger partial charge on any atom is 0.269 e. The van der Waals surface area contributed by atoms with Crippen LogP contribution in [0.2, 0.25) is 0 Å². The summed E-state index contributed by atoms with van der Waals surface area (Å²) in [7, 11) is 0. The number of alkyl halides is 1. The second kappa shape index (κ2) is 5.35. The second-order valence-electron chi connectivity index (χ2n) is 4.22. The number of hydrogen-bond acceptors (Lipinski definition) is 3. The summed E-state index contributed by atoms with van der Waals surface area (Å²) in [5.74, 6) is 0.294. The van der Waals surface area contributed by atoms with E-state index in [4.69, 9.17) is 11.6 Å². The molecule has 0 N–H and O–H groups in total. The van der Waals surface area contributed by atoms with E-state index in [9.17, 15) is 14.9 Å². The van der Waals surface area contributed by atoms with E-state index in [1.54, 1.807) is 4.90 Å². The minimum atomic E-state index is -0.480. The van der Waals surface area contributed by atoms with Crippen LogP contribution in [-0.4, -0.2) is 34.2 Å². The largest absolute Gasteiger partial charge is 0.334 e. The van der Waals surface area contributed by atoms with Crippen LogP contribution in [0.1, 0.15) is 23.2 Å². The molecule has 0 unspecified atom stereocenters. The maximum atomic E-state index is 12.2. The van der Waals surface area contributed by atoms with E-state index in [-0.39, 0.29) is 17.6 Å². The minimum Gasteiger partial charge on any atom is -0.334 e. The molecule has 1 amide bonds. The molecule has 96 valence electrons. The van der Waals surface area contributed by atoms with Gasteiger partial charge in [-0.15, -0.1) is 11.6 Å². The Balaban J connectivity index is 2.13. The summed E-state index contributed by atoms with van der Waals surface area (Å²) in [6, 6.07) is 5.96. The average molecular weight is 269 g/mol. The van der Waals surface area contributed by atoms with Crippen molar-refractivity contribution in [3.05, 3.63) is 39.9 Å². The molecule has 18 heavy (non-hydrogen) atoms. The molecule has 1 aromatic rings. The van der Waals surface area contributed by atoms with Gasteiger partial charge < -0.3 is 4.90 Å². The lowest BCUT2D eigenvalue weighted by atomic mass is 10.2. The molecular weight excluding hydrogens is 256 g/mol. The standard InChI is InChI=1S/C12H13ClN2O3/c13-7-8-14(10-5-6-10)12(16)9-1-3-11(4-2-9)15(17)18/h1-4,10H,5-8H2. The first-order chi connectivity index (χ1) is 8.63. The van der Waals surface area contributed by atoms with Gasteiger partial charge in [0.05, 0.1) is 4.92 Å². The number of halogens is 1. The number of benzene rings is 1. The van der Waals surface area contributed by atoms with Crippen LogP contribution in [0.15, 0.2) is 24.3 Å². The number of rotatable bonds is 5. The first kappa shape index (κ1) is 12.8. The first-order valence-electron chi connectivity index (χ1n) is 5.75. The highest BCUT2D eigenvalue weighted by atomic mass is 35.5. The predicted molar refractivity (Wildman–Crippen MR) is 67.9 cm³/mol. The molecule has 1 aliphatic rings. The van der Waals surface area contributed by atoms with E-state index < -0.39 is 4.92 Å². The molecule has 6 heteroatoms. The summed E-state index contributed by atoms with van der Waals surface area (Å²) >= 11 is 5.68. The summed E-state index contributed by atoms with van der Waals surface area (Å²) in [5.41, 5.74) is 0.458. The van der Waals surface area contributed by atoms with E-state index in [2.05, 4.69) is 0 Å². The van der Waals surface area contributed by atoms with Crippen molar-refractivity contribution in [2.45, 2.75) is 18.9 Å². The fourth-order valence-electron chi connectivity index (χ4n) is 1.82. The van der Waals surface area contributed by atoms with Gasteiger partial charge in [0, 0.05) is 36.2 Å². The predicted octanol–water partition coefficient (Wildman–Crippen LogP) is 2.44. The summed E-state index contributed by atoms with van der Waals surface area (Å²) in [6.45, 7) is 0.516. The van der Waals surface area contributed by atoms with Gasteiger partial charge in [0.15, 0.2) is 0 Å². The van der Waals surface area contributed by atoms with Crippen LogP contribution in [0, 0.1) is 10.1 Å². The molecule has 0 radical (unpaired) electrons. The van der Waals surface area contributed by atoms with Gasteiger partial charge >= 0.3 is 0 Å². The van der Waals surface area contributed by atoms with Crippen molar-refractivity contribution >= 4 is 23.2 Å². The fraction of sp³-hybridized carbons (Fsp3) is 0.417. The Kier molecular flexibility index (Phi) is 3.81. The molecular formula is C12H13ClN2O3. The molecule has 1 saturated carbocycles. The van der Waals surface area contributed by atoms with Crippen molar-refractivity contribution in [1.82, 2.24) is 4.90 Å². The second-order valence-corrected chi connectivity index (χ2v) is 4.60. The minimum absolute atomic E-state index is 0.0122. The van der Waals surface area contributed by atoms with Crippen molar-refractivity contribution in [2.24, 2.45) is 0 Å². The molecule has 0 spiro atoms. The van der Waals surface area contributed by atoms with Gasteiger partial charge in [-0.3, -0.25) is 14.9 Å². The molecule has 0 saturated heterocycles. The zero-order valence-corrected chi connectivity index (χ0v) is 10.5. The quantitative estimate of drug-likeness (QED) is 0.468. The number of carbonyl (C=O) groups is 1. The van der Waals surface area contributed by atoms with Gasteiger partial charge in [-0.2, -0.15) is 0 Å². The molecule has 0 aliphatic heterocycles. The monoisotopic (exact) mass is 268 g/mol. The topological polar surface area (TPSA) is 63.4 Å². The van der Waals surface area contributed by atoms with E-state index >= 15 is 0 Å². The molecule has 0 heterocycles. The molecule has 0 aromatic heterocycles. The highest BCUT2D eigenvalue weighted by molar-refractivity contribution is 6.18. The van der Waals surface area contributed by atoms with Crippen LogP contribution in [-0.2, 0) is 0 Å². The molecule has 0 atom stereocenters. The number of nitro benzene ring substituents is 1.